The van der Waals surface area contributed by atoms with Crippen LogP contribution in [0.3, 0.4) is 0 Å². The first-order chi connectivity index (χ1) is 8.25. The number of benzene rings is 1. The van der Waals surface area contributed by atoms with Gasteiger partial charge >= 0.3 is 0 Å². The molecule has 0 atom stereocenters. The summed E-state index contributed by atoms with van der Waals surface area (Å²) in [5, 5.41) is 0. The highest BCUT2D eigenvalue weighted by Gasteiger charge is 2.06. The van der Waals surface area contributed by atoms with Crippen molar-refractivity contribution in [2.45, 2.75) is 6.42 Å². The lowest BCUT2D eigenvalue weighted by Crippen LogP contribution is -2.10. The van der Waals surface area contributed by atoms with Crippen LogP contribution in [0.25, 0.3) is 0 Å². The van der Waals surface area contributed by atoms with E-state index < -0.39 is 5.82 Å². The molecule has 2 N–H and O–H groups in total. The van der Waals surface area contributed by atoms with Crippen LogP contribution in [0.4, 0.5) is 10.1 Å². The Labute approximate surface area is 100 Å². The molecule has 1 aromatic rings. The van der Waals surface area contributed by atoms with Gasteiger partial charge in [-0.3, -0.25) is 0 Å². The maximum absolute atomic E-state index is 13.3. The fraction of sp³-hybridized carbons (Fsp3) is 0.500. The van der Waals surface area contributed by atoms with Gasteiger partial charge in [-0.2, -0.15) is 0 Å². The van der Waals surface area contributed by atoms with Crippen molar-refractivity contribution in [2.75, 3.05) is 39.3 Å². The molecule has 4 nitrogen and oxygen atoms in total. The van der Waals surface area contributed by atoms with Gasteiger partial charge in [0.05, 0.1) is 12.3 Å². The highest BCUT2D eigenvalue weighted by atomic mass is 19.1. The van der Waals surface area contributed by atoms with Gasteiger partial charge in [-0.15, -0.1) is 0 Å². The van der Waals surface area contributed by atoms with Crippen molar-refractivity contribution in [3.8, 4) is 5.75 Å². The SMILES string of the molecule is COCCCOCCOc1c(N)cccc1F. The van der Waals surface area contributed by atoms with Crippen molar-refractivity contribution in [1.29, 1.82) is 0 Å². The molecular weight excluding hydrogens is 225 g/mol. The van der Waals surface area contributed by atoms with Crippen molar-refractivity contribution in [3.63, 3.8) is 0 Å². The van der Waals surface area contributed by atoms with Gasteiger partial charge in [0.2, 0.25) is 0 Å². The van der Waals surface area contributed by atoms with Crippen LogP contribution in [-0.4, -0.2) is 33.5 Å². The summed E-state index contributed by atoms with van der Waals surface area (Å²) in [6, 6.07) is 4.45. The Balaban J connectivity index is 2.18. The van der Waals surface area contributed by atoms with Gasteiger partial charge < -0.3 is 19.9 Å². The number of halogens is 1. The van der Waals surface area contributed by atoms with Gasteiger partial charge in [0.25, 0.3) is 0 Å². The molecule has 96 valence electrons. The normalized spacial score (nSPS) is 10.5. The highest BCUT2D eigenvalue weighted by molar-refractivity contribution is 5.52. The van der Waals surface area contributed by atoms with Gasteiger partial charge in [0, 0.05) is 20.3 Å². The predicted octanol–water partition coefficient (Wildman–Crippen LogP) is 1.84. The minimum Gasteiger partial charge on any atom is -0.486 e. The summed E-state index contributed by atoms with van der Waals surface area (Å²) in [4.78, 5) is 0. The van der Waals surface area contributed by atoms with E-state index in [1.165, 1.54) is 6.07 Å². The summed E-state index contributed by atoms with van der Waals surface area (Å²) in [5.41, 5.74) is 5.88. The van der Waals surface area contributed by atoms with Crippen LogP contribution in [0, 0.1) is 5.82 Å². The molecule has 17 heavy (non-hydrogen) atoms. The van der Waals surface area contributed by atoms with Gasteiger partial charge in [-0.05, 0) is 18.6 Å². The molecule has 0 saturated carbocycles. The van der Waals surface area contributed by atoms with Crippen molar-refractivity contribution in [3.05, 3.63) is 24.0 Å². The first-order valence-corrected chi connectivity index (χ1v) is 5.49. The number of nitrogen functional groups attached to an aromatic ring is 1. The Morgan fingerprint density at radius 1 is 1.18 bits per heavy atom. The van der Waals surface area contributed by atoms with Crippen LogP contribution in [-0.2, 0) is 9.47 Å². The maximum atomic E-state index is 13.3. The molecule has 0 spiro atoms. The van der Waals surface area contributed by atoms with Crippen LogP contribution < -0.4 is 10.5 Å². The fourth-order valence-corrected chi connectivity index (χ4v) is 1.29. The number of hydrogen-bond acceptors (Lipinski definition) is 4. The molecule has 0 fully saturated rings. The zero-order valence-corrected chi connectivity index (χ0v) is 9.95. The van der Waals surface area contributed by atoms with Crippen LogP contribution in [0.5, 0.6) is 5.75 Å². The summed E-state index contributed by atoms with van der Waals surface area (Å²) in [6.07, 6.45) is 0.832. The van der Waals surface area contributed by atoms with E-state index in [2.05, 4.69) is 0 Å². The molecule has 1 rings (SSSR count). The van der Waals surface area contributed by atoms with Crippen molar-refractivity contribution in [2.24, 2.45) is 0 Å². The quantitative estimate of drug-likeness (QED) is 0.559. The first-order valence-electron chi connectivity index (χ1n) is 5.49. The summed E-state index contributed by atoms with van der Waals surface area (Å²) in [6.45, 7) is 1.95. The van der Waals surface area contributed by atoms with Crippen LogP contribution in [0.15, 0.2) is 18.2 Å². The molecule has 0 aliphatic rings. The zero-order valence-electron chi connectivity index (χ0n) is 9.95. The Kier molecular flexibility index (Phi) is 6.35. The van der Waals surface area contributed by atoms with E-state index in [-0.39, 0.29) is 12.4 Å². The van der Waals surface area contributed by atoms with E-state index in [0.29, 0.717) is 25.5 Å². The van der Waals surface area contributed by atoms with Gasteiger partial charge in [0.1, 0.15) is 6.61 Å². The number of hydrogen-bond donors (Lipinski definition) is 1. The van der Waals surface area contributed by atoms with E-state index in [1.807, 2.05) is 0 Å². The average molecular weight is 243 g/mol. The van der Waals surface area contributed by atoms with Gasteiger partial charge in [0.15, 0.2) is 11.6 Å². The Bertz CT molecular complexity index is 313. The van der Waals surface area contributed by atoms with Gasteiger partial charge in [-0.1, -0.05) is 6.07 Å². The molecule has 0 bridgehead atoms. The van der Waals surface area contributed by atoms with Crippen LogP contribution in [0.2, 0.25) is 0 Å². The molecule has 0 unspecified atom stereocenters. The standard InChI is InChI=1S/C12H18FNO3/c1-15-6-3-7-16-8-9-17-12-10(13)4-2-5-11(12)14/h2,4-5H,3,6-9,14H2,1H3. The second kappa shape index (κ2) is 7.86. The molecule has 0 aromatic heterocycles. The van der Waals surface area contributed by atoms with Crippen LogP contribution in [0.1, 0.15) is 6.42 Å². The molecule has 0 aliphatic carbocycles. The number of nitrogens with two attached hydrogens (primary N) is 1. The second-order valence-corrected chi connectivity index (χ2v) is 3.47. The van der Waals surface area contributed by atoms with E-state index >= 15 is 0 Å². The third-order valence-corrected chi connectivity index (χ3v) is 2.11. The van der Waals surface area contributed by atoms with E-state index in [4.69, 9.17) is 19.9 Å². The third kappa shape index (κ3) is 5.01. The van der Waals surface area contributed by atoms with Crippen LogP contribution >= 0.6 is 0 Å². The number of para-hydroxylation sites is 1. The first kappa shape index (κ1) is 13.7. The lowest BCUT2D eigenvalue weighted by Gasteiger charge is -2.09. The third-order valence-electron chi connectivity index (χ3n) is 2.11. The number of ether oxygens (including phenoxy) is 3. The average Bonchev–Trinajstić information content (AvgIpc) is 2.31. The molecule has 0 heterocycles. The lowest BCUT2D eigenvalue weighted by molar-refractivity contribution is 0.0799. The predicted molar refractivity (Wildman–Crippen MR) is 63.6 cm³/mol. The summed E-state index contributed by atoms with van der Waals surface area (Å²) < 4.78 is 28.6. The van der Waals surface area contributed by atoms with Crippen molar-refractivity contribution >= 4 is 5.69 Å². The van der Waals surface area contributed by atoms with E-state index in [0.717, 1.165) is 6.42 Å². The molecule has 0 radical (unpaired) electrons. The second-order valence-electron chi connectivity index (χ2n) is 3.47. The lowest BCUT2D eigenvalue weighted by atomic mass is 10.3. The molecule has 0 aliphatic heterocycles. The fourth-order valence-electron chi connectivity index (χ4n) is 1.29. The smallest absolute Gasteiger partial charge is 0.177 e. The largest absolute Gasteiger partial charge is 0.486 e. The minimum absolute atomic E-state index is 0.0907. The monoisotopic (exact) mass is 243 g/mol. The van der Waals surface area contributed by atoms with E-state index in [1.54, 1.807) is 19.2 Å². The summed E-state index contributed by atoms with van der Waals surface area (Å²) >= 11 is 0. The maximum Gasteiger partial charge on any atom is 0.177 e. The topological polar surface area (TPSA) is 53.7 Å². The van der Waals surface area contributed by atoms with Crippen molar-refractivity contribution < 1.29 is 18.6 Å². The molecule has 0 saturated heterocycles. The molecular formula is C12H18FNO3. The minimum atomic E-state index is -0.454. The van der Waals surface area contributed by atoms with Gasteiger partial charge in [-0.25, -0.2) is 4.39 Å². The number of anilines is 1. The Hall–Kier alpha value is -1.33. The highest BCUT2D eigenvalue weighted by Crippen LogP contribution is 2.24. The molecule has 0 amide bonds. The molecule has 1 aromatic carbocycles. The Morgan fingerprint density at radius 2 is 2.00 bits per heavy atom. The summed E-state index contributed by atoms with van der Waals surface area (Å²) in [5.74, 6) is -0.364. The zero-order chi connectivity index (χ0) is 12.5. The number of rotatable bonds is 8. The van der Waals surface area contributed by atoms with Crippen molar-refractivity contribution in [1.82, 2.24) is 0 Å². The molecule has 5 heteroatoms. The van der Waals surface area contributed by atoms with E-state index in [9.17, 15) is 4.39 Å². The summed E-state index contributed by atoms with van der Waals surface area (Å²) in [7, 11) is 1.64. The number of methoxy groups -OCH3 is 1. The Morgan fingerprint density at radius 3 is 2.71 bits per heavy atom.